The quantitative estimate of drug-likeness (QED) is 0.300. The van der Waals surface area contributed by atoms with Crippen molar-refractivity contribution in [3.8, 4) is 11.4 Å². The number of nitrogens with zero attached hydrogens (tertiary/aromatic N) is 7. The lowest BCUT2D eigenvalue weighted by Gasteiger charge is -2.18. The Morgan fingerprint density at radius 3 is 2.34 bits per heavy atom. The first-order chi connectivity index (χ1) is 18.5. The van der Waals surface area contributed by atoms with Crippen molar-refractivity contribution in [2.45, 2.75) is 81.2 Å². The highest BCUT2D eigenvalue weighted by Gasteiger charge is 2.42. The van der Waals surface area contributed by atoms with Gasteiger partial charge in [-0.3, -0.25) is 14.3 Å². The average molecular weight is 527 g/mol. The normalized spacial score (nSPS) is 18.1. The Kier molecular flexibility index (Phi) is 5.68. The van der Waals surface area contributed by atoms with Crippen LogP contribution in [0.25, 0.3) is 22.6 Å². The molecule has 4 heterocycles. The summed E-state index contributed by atoms with van der Waals surface area (Å²) in [6.07, 6.45) is 11.7. The highest BCUT2D eigenvalue weighted by atomic mass is 32.2. The van der Waals surface area contributed by atoms with Crippen molar-refractivity contribution in [2.24, 2.45) is 0 Å². The maximum Gasteiger partial charge on any atom is 0.295 e. The molecule has 0 radical (unpaired) electrons. The molecular weight excluding hydrogens is 496 g/mol. The van der Waals surface area contributed by atoms with Gasteiger partial charge in [-0.1, -0.05) is 6.92 Å². The smallest absolute Gasteiger partial charge is 0.295 e. The summed E-state index contributed by atoms with van der Waals surface area (Å²) in [5.41, 5.74) is 4.67. The van der Waals surface area contributed by atoms with Crippen LogP contribution in [0.3, 0.4) is 0 Å². The topological polar surface area (TPSA) is 111 Å². The van der Waals surface area contributed by atoms with Gasteiger partial charge in [0, 0.05) is 28.5 Å². The number of hydrogen-bond acceptors (Lipinski definition) is 9. The van der Waals surface area contributed by atoms with Gasteiger partial charge in [0.1, 0.15) is 11.8 Å². The molecule has 0 aliphatic heterocycles. The number of aromatic nitrogens is 7. The second-order valence-corrected chi connectivity index (χ2v) is 12.2. The molecule has 4 aromatic heterocycles. The second kappa shape index (κ2) is 9.11. The summed E-state index contributed by atoms with van der Waals surface area (Å²) in [7, 11) is 0. The van der Waals surface area contributed by atoms with Crippen molar-refractivity contribution < 1.29 is 0 Å². The first-order valence-corrected chi connectivity index (χ1v) is 14.5. The van der Waals surface area contributed by atoms with Gasteiger partial charge in [0.15, 0.2) is 17.3 Å². The third kappa shape index (κ3) is 4.34. The monoisotopic (exact) mass is 526 g/mol. The minimum Gasteiger partial charge on any atom is -0.360 e. The molecule has 38 heavy (non-hydrogen) atoms. The molecule has 10 heteroatoms. The van der Waals surface area contributed by atoms with Gasteiger partial charge in [0.25, 0.3) is 5.56 Å². The largest absolute Gasteiger partial charge is 0.360 e. The van der Waals surface area contributed by atoms with Crippen molar-refractivity contribution in [1.82, 2.24) is 34.5 Å². The molecule has 1 N–H and O–H groups in total. The van der Waals surface area contributed by atoms with E-state index < -0.39 is 0 Å². The van der Waals surface area contributed by atoms with Crippen LogP contribution in [0.1, 0.15) is 81.3 Å². The van der Waals surface area contributed by atoms with Gasteiger partial charge in [-0.15, -0.1) is 11.8 Å². The maximum absolute atomic E-state index is 13.8. The fourth-order valence-corrected chi connectivity index (χ4v) is 5.66. The molecule has 0 bridgehead atoms. The predicted molar refractivity (Wildman–Crippen MR) is 147 cm³/mol. The molecule has 7 rings (SSSR count). The molecule has 0 amide bonds. The fourth-order valence-electron chi connectivity index (χ4n) is 5.04. The molecule has 3 aliphatic carbocycles. The zero-order valence-corrected chi connectivity index (χ0v) is 22.5. The van der Waals surface area contributed by atoms with Crippen molar-refractivity contribution in [1.29, 1.82) is 0 Å². The third-order valence-electron chi connectivity index (χ3n) is 7.72. The van der Waals surface area contributed by atoms with E-state index in [0.29, 0.717) is 41.2 Å². The summed E-state index contributed by atoms with van der Waals surface area (Å²) >= 11 is 1.75. The summed E-state index contributed by atoms with van der Waals surface area (Å²) in [5.74, 6) is 2.80. The van der Waals surface area contributed by atoms with E-state index in [-0.39, 0.29) is 11.1 Å². The minimum absolute atomic E-state index is 0.158. The highest BCUT2D eigenvalue weighted by molar-refractivity contribution is 7.99. The summed E-state index contributed by atoms with van der Waals surface area (Å²) in [4.78, 5) is 43.2. The van der Waals surface area contributed by atoms with Crippen molar-refractivity contribution in [3.05, 3.63) is 58.3 Å². The van der Waals surface area contributed by atoms with E-state index in [9.17, 15) is 4.79 Å². The molecule has 0 spiro atoms. The molecule has 0 saturated heterocycles. The molecular formula is C28H30N8OS. The summed E-state index contributed by atoms with van der Waals surface area (Å²) in [5, 5.41) is 3.23. The molecule has 3 aliphatic rings. The Labute approximate surface area is 225 Å². The van der Waals surface area contributed by atoms with E-state index in [1.165, 1.54) is 0 Å². The Morgan fingerprint density at radius 1 is 1.00 bits per heavy atom. The van der Waals surface area contributed by atoms with Crippen LogP contribution in [0.5, 0.6) is 0 Å². The molecule has 0 unspecified atom stereocenters. The van der Waals surface area contributed by atoms with Crippen molar-refractivity contribution in [2.75, 3.05) is 11.1 Å². The number of hydrogen-bond donors (Lipinski definition) is 1. The summed E-state index contributed by atoms with van der Waals surface area (Å²) in [6, 6.07) is 4.04. The van der Waals surface area contributed by atoms with Crippen LogP contribution in [0, 0.1) is 0 Å². The van der Waals surface area contributed by atoms with Crippen molar-refractivity contribution >= 4 is 28.7 Å². The fraction of sp³-hybridized carbons (Fsp3) is 0.464. The Bertz CT molecular complexity index is 1560. The minimum atomic E-state index is -0.274. The molecule has 0 aromatic carbocycles. The lowest BCUT2D eigenvalue weighted by Crippen LogP contribution is -2.32. The Hall–Kier alpha value is -3.40. The standard InChI is InChI=1S/C28H30N8OS/c1-3-38-19-9-8-18(29-13-19)12-30-25-27(37)36(28(2)10-11-28)26-20(34-25)14-31-24(35-26)21-22(16-4-5-16)32-15-33-23(21)17-6-7-17/h8-9,13-17H,3-7,10-12H2,1-2H3,(H,30,34). The number of anilines is 1. The zero-order chi connectivity index (χ0) is 25.9. The molecule has 9 nitrogen and oxygen atoms in total. The third-order valence-corrected chi connectivity index (χ3v) is 8.58. The SMILES string of the molecule is CCSc1ccc(CNc2nc3cnc(-c4c(C5CC5)ncnc4C4CC4)nc3n(C3(C)CC3)c2=O)nc1. The first kappa shape index (κ1) is 23.7. The number of pyridine rings is 1. The van der Waals surface area contributed by atoms with Crippen LogP contribution in [0.2, 0.25) is 0 Å². The first-order valence-electron chi connectivity index (χ1n) is 13.5. The van der Waals surface area contributed by atoms with Crippen LogP contribution >= 0.6 is 11.8 Å². The lowest BCUT2D eigenvalue weighted by molar-refractivity contribution is 0.527. The highest BCUT2D eigenvalue weighted by Crippen LogP contribution is 2.49. The second-order valence-electron chi connectivity index (χ2n) is 10.8. The summed E-state index contributed by atoms with van der Waals surface area (Å²) in [6.45, 7) is 4.65. The van der Waals surface area contributed by atoms with Gasteiger partial charge in [0.2, 0.25) is 0 Å². The van der Waals surface area contributed by atoms with Crippen LogP contribution in [-0.4, -0.2) is 40.2 Å². The molecule has 4 aromatic rings. The average Bonchev–Trinajstić information content (AvgIpc) is 3.79. The van der Waals surface area contributed by atoms with Crippen LogP contribution in [0.4, 0.5) is 5.82 Å². The van der Waals surface area contributed by atoms with Gasteiger partial charge >= 0.3 is 0 Å². The van der Waals surface area contributed by atoms with Crippen LogP contribution in [-0.2, 0) is 12.1 Å². The van der Waals surface area contributed by atoms with Crippen LogP contribution < -0.4 is 10.9 Å². The van der Waals surface area contributed by atoms with Gasteiger partial charge in [0.05, 0.1) is 35.4 Å². The van der Waals surface area contributed by atoms with Gasteiger partial charge < -0.3 is 5.32 Å². The van der Waals surface area contributed by atoms with E-state index in [1.54, 1.807) is 24.3 Å². The molecule has 0 atom stereocenters. The van der Waals surface area contributed by atoms with E-state index in [0.717, 1.165) is 71.8 Å². The van der Waals surface area contributed by atoms with Gasteiger partial charge in [-0.2, -0.15) is 0 Å². The number of nitrogens with one attached hydrogen (secondary N) is 1. The number of rotatable bonds is 9. The Balaban J connectivity index is 1.29. The number of thioether (sulfide) groups is 1. The van der Waals surface area contributed by atoms with E-state index in [2.05, 4.69) is 45.2 Å². The van der Waals surface area contributed by atoms with Gasteiger partial charge in [-0.05, 0) is 63.3 Å². The van der Waals surface area contributed by atoms with E-state index in [1.807, 2.05) is 16.8 Å². The lowest BCUT2D eigenvalue weighted by atomic mass is 10.0. The van der Waals surface area contributed by atoms with Gasteiger partial charge in [-0.25, -0.2) is 24.9 Å². The summed E-state index contributed by atoms with van der Waals surface area (Å²) < 4.78 is 1.83. The predicted octanol–water partition coefficient (Wildman–Crippen LogP) is 5.03. The zero-order valence-electron chi connectivity index (χ0n) is 21.6. The Morgan fingerprint density at radius 2 is 1.74 bits per heavy atom. The maximum atomic E-state index is 13.8. The van der Waals surface area contributed by atoms with Crippen molar-refractivity contribution in [3.63, 3.8) is 0 Å². The molecule has 3 saturated carbocycles. The van der Waals surface area contributed by atoms with E-state index in [4.69, 9.17) is 9.97 Å². The number of fused-ring (bicyclic) bond motifs is 1. The molecule has 194 valence electrons. The van der Waals surface area contributed by atoms with Crippen LogP contribution in [0.15, 0.2) is 40.5 Å². The molecule has 3 fully saturated rings. The van der Waals surface area contributed by atoms with E-state index >= 15 is 0 Å².